The molecule has 3 atom stereocenters. The molecular weight excluding hydrogens is 402 g/mol. The first kappa shape index (κ1) is 18.0. The highest BCUT2D eigenvalue weighted by atomic mass is 35.5. The molecule has 2 aliphatic heterocycles. The summed E-state index contributed by atoms with van der Waals surface area (Å²) in [4.78, 5) is 23.6. The Hall–Kier alpha value is -2.84. The van der Waals surface area contributed by atoms with E-state index in [1.165, 1.54) is 6.42 Å². The Balaban J connectivity index is 1.49. The minimum absolute atomic E-state index is 0.0860. The molecule has 1 aliphatic carbocycles. The van der Waals surface area contributed by atoms with E-state index in [1.54, 1.807) is 16.3 Å². The van der Waals surface area contributed by atoms with E-state index in [0.29, 0.717) is 33.8 Å². The number of piperidine rings is 2. The Morgan fingerprint density at radius 3 is 2.70 bits per heavy atom. The van der Waals surface area contributed by atoms with Gasteiger partial charge in [0.15, 0.2) is 0 Å². The molecule has 3 aromatic heterocycles. The van der Waals surface area contributed by atoms with Gasteiger partial charge in [0, 0.05) is 62.1 Å². The molecule has 1 aromatic carbocycles. The predicted molar refractivity (Wildman–Crippen MR) is 118 cm³/mol. The average Bonchev–Trinajstić information content (AvgIpc) is 3.34. The second kappa shape index (κ2) is 6.09. The van der Waals surface area contributed by atoms with Crippen LogP contribution in [-0.2, 0) is 14.1 Å². The van der Waals surface area contributed by atoms with Crippen LogP contribution in [0.2, 0.25) is 5.02 Å². The Kier molecular flexibility index (Phi) is 3.65. The van der Waals surface area contributed by atoms with Crippen LogP contribution in [-0.4, -0.2) is 43.4 Å². The maximum atomic E-state index is 13.4. The zero-order valence-corrected chi connectivity index (χ0v) is 17.5. The largest absolute Gasteiger partial charge is 0.345 e. The molecular formula is C21H22ClN7O. The fourth-order valence-electron chi connectivity index (χ4n) is 5.12. The van der Waals surface area contributed by atoms with Crippen LogP contribution in [0.3, 0.4) is 0 Å². The topological polar surface area (TPSA) is 97.8 Å². The minimum atomic E-state index is -0.0860. The Labute approximate surface area is 177 Å². The van der Waals surface area contributed by atoms with E-state index >= 15 is 0 Å². The van der Waals surface area contributed by atoms with Crippen LogP contribution in [0.15, 0.2) is 29.3 Å². The average molecular weight is 424 g/mol. The third-order valence-electron chi connectivity index (χ3n) is 6.80. The molecule has 5 heterocycles. The van der Waals surface area contributed by atoms with Gasteiger partial charge in [-0.25, -0.2) is 0 Å². The molecule has 0 unspecified atom stereocenters. The van der Waals surface area contributed by atoms with E-state index in [9.17, 15) is 4.79 Å². The summed E-state index contributed by atoms with van der Waals surface area (Å²) in [5, 5.41) is 6.39. The van der Waals surface area contributed by atoms with Gasteiger partial charge in [0.25, 0.3) is 5.56 Å². The van der Waals surface area contributed by atoms with E-state index in [4.69, 9.17) is 22.3 Å². The first-order valence-corrected chi connectivity index (χ1v) is 10.5. The zero-order chi connectivity index (χ0) is 20.7. The highest BCUT2D eigenvalue weighted by Crippen LogP contribution is 2.40. The molecule has 30 heavy (non-hydrogen) atoms. The van der Waals surface area contributed by atoms with Crippen molar-refractivity contribution < 1.29 is 0 Å². The Morgan fingerprint density at radius 2 is 1.97 bits per heavy atom. The van der Waals surface area contributed by atoms with E-state index in [1.807, 2.05) is 31.6 Å². The predicted octanol–water partition coefficient (Wildman–Crippen LogP) is 2.25. The third kappa shape index (κ3) is 2.34. The molecule has 154 valence electrons. The smallest absolute Gasteiger partial charge is 0.264 e. The summed E-state index contributed by atoms with van der Waals surface area (Å²) in [6, 6.07) is 4.11. The number of fused-ring (bicyclic) bond motifs is 4. The van der Waals surface area contributed by atoms with Crippen molar-refractivity contribution in [3.63, 3.8) is 0 Å². The highest BCUT2D eigenvalue weighted by Gasteiger charge is 2.45. The number of nitrogens with one attached hydrogen (secondary N) is 1. The maximum Gasteiger partial charge on any atom is 0.264 e. The van der Waals surface area contributed by atoms with Crippen molar-refractivity contribution in [3.8, 4) is 11.1 Å². The van der Waals surface area contributed by atoms with Crippen LogP contribution in [0, 0.1) is 11.8 Å². The molecule has 3 N–H and O–H groups in total. The van der Waals surface area contributed by atoms with Gasteiger partial charge in [0.2, 0.25) is 5.95 Å². The van der Waals surface area contributed by atoms with Gasteiger partial charge in [-0.1, -0.05) is 17.7 Å². The third-order valence-corrected chi connectivity index (χ3v) is 7.21. The fourth-order valence-corrected chi connectivity index (χ4v) is 5.43. The van der Waals surface area contributed by atoms with Crippen molar-refractivity contribution in [2.75, 3.05) is 18.0 Å². The van der Waals surface area contributed by atoms with Crippen LogP contribution in [0.1, 0.15) is 6.42 Å². The quantitative estimate of drug-likeness (QED) is 0.515. The van der Waals surface area contributed by atoms with Crippen LogP contribution in [0.4, 0.5) is 5.95 Å². The molecule has 0 radical (unpaired) electrons. The number of nitrogens with zero attached hydrogens (tertiary/aromatic N) is 5. The molecule has 3 fully saturated rings. The lowest BCUT2D eigenvalue weighted by Crippen LogP contribution is -2.62. The Morgan fingerprint density at radius 1 is 1.20 bits per heavy atom. The fraction of sp³-hybridized carbons (Fsp3) is 0.381. The van der Waals surface area contributed by atoms with Crippen molar-refractivity contribution in [3.05, 3.63) is 39.9 Å². The number of H-pyrrole nitrogens is 1. The van der Waals surface area contributed by atoms with E-state index in [2.05, 4.69) is 15.0 Å². The summed E-state index contributed by atoms with van der Waals surface area (Å²) in [5.74, 6) is 1.66. The summed E-state index contributed by atoms with van der Waals surface area (Å²) >= 11 is 6.71. The summed E-state index contributed by atoms with van der Waals surface area (Å²) in [5.41, 5.74) is 9.07. The minimum Gasteiger partial charge on any atom is -0.345 e. The number of halogens is 1. The molecule has 9 heteroatoms. The van der Waals surface area contributed by atoms with Crippen molar-refractivity contribution in [1.82, 2.24) is 24.3 Å². The number of hydrogen-bond donors (Lipinski definition) is 2. The van der Waals surface area contributed by atoms with Gasteiger partial charge in [0.1, 0.15) is 5.65 Å². The van der Waals surface area contributed by atoms with Gasteiger partial charge in [-0.05, 0) is 24.3 Å². The molecule has 1 saturated carbocycles. The van der Waals surface area contributed by atoms with Crippen molar-refractivity contribution in [1.29, 1.82) is 0 Å². The summed E-state index contributed by atoms with van der Waals surface area (Å²) in [6.07, 6.45) is 4.88. The number of anilines is 1. The summed E-state index contributed by atoms with van der Waals surface area (Å²) < 4.78 is 3.38. The monoisotopic (exact) mass is 423 g/mol. The van der Waals surface area contributed by atoms with Gasteiger partial charge < -0.3 is 15.6 Å². The lowest BCUT2D eigenvalue weighted by atomic mass is 9.67. The molecule has 4 aromatic rings. The van der Waals surface area contributed by atoms with Gasteiger partial charge in [-0.15, -0.1) is 0 Å². The van der Waals surface area contributed by atoms with Gasteiger partial charge in [-0.3, -0.25) is 14.0 Å². The summed E-state index contributed by atoms with van der Waals surface area (Å²) in [7, 11) is 3.65. The molecule has 3 aliphatic rings. The number of hydrogen-bond acceptors (Lipinski definition) is 5. The number of aryl methyl sites for hydroxylation is 1. The van der Waals surface area contributed by atoms with E-state index in [0.717, 1.165) is 35.1 Å². The number of nitrogens with two attached hydrogens (primary N) is 1. The molecule has 2 saturated heterocycles. The van der Waals surface area contributed by atoms with E-state index in [-0.39, 0.29) is 11.6 Å². The lowest BCUT2D eigenvalue weighted by Gasteiger charge is -2.52. The maximum absolute atomic E-state index is 13.4. The molecule has 0 spiro atoms. The molecule has 2 bridgehead atoms. The first-order valence-electron chi connectivity index (χ1n) is 10.1. The normalized spacial score (nSPS) is 23.3. The number of aromatic amines is 1. The molecule has 7 rings (SSSR count). The highest BCUT2D eigenvalue weighted by molar-refractivity contribution is 6.38. The SMILES string of the molecule is Cn1cc2c(Cl)c(-c3c[nH]c4nc(N5C[C@H]6C[C@@H](C5)[C@H]6N)n(C)c(=O)c34)ccc2n1. The molecule has 8 nitrogen and oxygen atoms in total. The second-order valence-corrected chi connectivity index (χ2v) is 8.98. The number of rotatable bonds is 2. The van der Waals surface area contributed by atoms with Gasteiger partial charge in [0.05, 0.1) is 15.9 Å². The lowest BCUT2D eigenvalue weighted by molar-refractivity contribution is 0.114. The molecule has 0 amide bonds. The number of aromatic nitrogens is 5. The Bertz CT molecular complexity index is 1370. The zero-order valence-electron chi connectivity index (χ0n) is 16.8. The standard InChI is InChI=1S/C21H22ClN7O/c1-27-9-14-15(26-27)4-3-12(17(14)22)13-6-24-19-16(13)20(30)28(2)21(25-19)29-7-10-5-11(8-29)18(10)23/h3-4,6,9-11,18,24H,5,7-8,23H2,1-2H3/t10-,11+,18+. The van der Waals surface area contributed by atoms with Crippen molar-refractivity contribution in [2.45, 2.75) is 12.5 Å². The van der Waals surface area contributed by atoms with Crippen LogP contribution in [0.25, 0.3) is 33.1 Å². The summed E-state index contributed by atoms with van der Waals surface area (Å²) in [6.45, 7) is 1.70. The number of benzene rings is 1. The van der Waals surface area contributed by atoms with Gasteiger partial charge >= 0.3 is 0 Å². The second-order valence-electron chi connectivity index (χ2n) is 8.60. The van der Waals surface area contributed by atoms with Crippen LogP contribution < -0.4 is 16.2 Å². The van der Waals surface area contributed by atoms with Crippen molar-refractivity contribution in [2.24, 2.45) is 31.7 Å². The van der Waals surface area contributed by atoms with Crippen molar-refractivity contribution >= 4 is 39.5 Å². The first-order chi connectivity index (χ1) is 14.4. The van der Waals surface area contributed by atoms with Gasteiger partial charge in [-0.2, -0.15) is 10.1 Å². The van der Waals surface area contributed by atoms with Crippen LogP contribution >= 0.6 is 11.6 Å². The van der Waals surface area contributed by atoms with Crippen LogP contribution in [0.5, 0.6) is 0 Å². The van der Waals surface area contributed by atoms with E-state index < -0.39 is 0 Å².